The molecule has 0 radical (unpaired) electrons. The number of phenols is 2. The van der Waals surface area contributed by atoms with Crippen LogP contribution in [0.3, 0.4) is 0 Å². The third-order valence-electron chi connectivity index (χ3n) is 2.94. The average molecular weight is 272 g/mol. The first-order valence-electron chi connectivity index (χ1n) is 5.81. The van der Waals surface area contributed by atoms with E-state index in [-0.39, 0.29) is 33.8 Å². The summed E-state index contributed by atoms with van der Waals surface area (Å²) in [5.41, 5.74) is 0.112. The van der Waals surface area contributed by atoms with Crippen molar-refractivity contribution in [1.29, 1.82) is 0 Å². The Hall–Kier alpha value is -2.82. The molecule has 0 saturated carbocycles. The quantitative estimate of drug-likeness (QED) is 0.745. The normalized spacial score (nSPS) is 10.2. The molecule has 2 rings (SSSR count). The largest absolute Gasteiger partial charge is 0.507 e. The molecule has 0 aliphatic rings. The molecule has 0 aromatic heterocycles. The van der Waals surface area contributed by atoms with Crippen molar-refractivity contribution in [1.82, 2.24) is 0 Å². The molecular formula is C15H12O5. The van der Waals surface area contributed by atoms with Crippen molar-refractivity contribution in [3.05, 3.63) is 58.7 Å². The third kappa shape index (κ3) is 2.33. The van der Waals surface area contributed by atoms with Gasteiger partial charge in [-0.25, -0.2) is 4.79 Å². The Morgan fingerprint density at radius 2 is 1.65 bits per heavy atom. The molecule has 2 aromatic carbocycles. The number of carbonyl (C=O) groups is 2. The molecule has 3 N–H and O–H groups in total. The van der Waals surface area contributed by atoms with Crippen molar-refractivity contribution < 1.29 is 24.9 Å². The Balaban J connectivity index is 2.57. The van der Waals surface area contributed by atoms with E-state index in [1.165, 1.54) is 25.1 Å². The van der Waals surface area contributed by atoms with Crippen LogP contribution >= 0.6 is 0 Å². The van der Waals surface area contributed by atoms with Crippen LogP contribution in [0, 0.1) is 6.92 Å². The molecule has 0 unspecified atom stereocenters. The highest BCUT2D eigenvalue weighted by Gasteiger charge is 2.19. The summed E-state index contributed by atoms with van der Waals surface area (Å²) in [5, 5.41) is 28.3. The number of carboxylic acids is 1. The summed E-state index contributed by atoms with van der Waals surface area (Å²) in [6.45, 7) is 1.50. The van der Waals surface area contributed by atoms with E-state index >= 15 is 0 Å². The molecule has 0 fully saturated rings. The number of hydrogen-bond acceptors (Lipinski definition) is 4. The molecule has 0 aliphatic carbocycles. The number of ketones is 1. The lowest BCUT2D eigenvalue weighted by Gasteiger charge is -2.08. The molecule has 5 heteroatoms. The van der Waals surface area contributed by atoms with Crippen molar-refractivity contribution in [2.45, 2.75) is 6.92 Å². The highest BCUT2D eigenvalue weighted by Crippen LogP contribution is 2.27. The number of hydrogen-bond donors (Lipinski definition) is 3. The zero-order valence-corrected chi connectivity index (χ0v) is 10.6. The lowest BCUT2D eigenvalue weighted by molar-refractivity contribution is 0.0693. The van der Waals surface area contributed by atoms with Gasteiger partial charge in [0.2, 0.25) is 0 Å². The van der Waals surface area contributed by atoms with Crippen molar-refractivity contribution >= 4 is 11.8 Å². The fourth-order valence-corrected chi connectivity index (χ4v) is 1.89. The molecule has 0 amide bonds. The number of phenolic OH excluding ortho intramolecular Hbond substituents is 1. The van der Waals surface area contributed by atoms with Gasteiger partial charge in [-0.15, -0.1) is 0 Å². The molecule has 0 atom stereocenters. The van der Waals surface area contributed by atoms with Crippen molar-refractivity contribution in [3.8, 4) is 11.5 Å². The van der Waals surface area contributed by atoms with Gasteiger partial charge < -0.3 is 15.3 Å². The molecule has 5 nitrogen and oxygen atoms in total. The van der Waals surface area contributed by atoms with Crippen LogP contribution in [-0.4, -0.2) is 27.1 Å². The smallest absolute Gasteiger partial charge is 0.339 e. The van der Waals surface area contributed by atoms with E-state index in [1.807, 2.05) is 0 Å². The number of para-hydroxylation sites is 1. The van der Waals surface area contributed by atoms with Gasteiger partial charge in [-0.1, -0.05) is 12.1 Å². The number of aryl methyl sites for hydroxylation is 1. The van der Waals surface area contributed by atoms with Gasteiger partial charge in [-0.3, -0.25) is 4.79 Å². The maximum absolute atomic E-state index is 12.3. The van der Waals surface area contributed by atoms with E-state index in [0.717, 1.165) is 6.07 Å². The second-order valence-electron chi connectivity index (χ2n) is 4.34. The fourth-order valence-electron chi connectivity index (χ4n) is 1.89. The minimum atomic E-state index is -1.32. The molecule has 0 spiro atoms. The Kier molecular flexibility index (Phi) is 3.43. The monoisotopic (exact) mass is 272 g/mol. The highest BCUT2D eigenvalue weighted by molar-refractivity contribution is 6.11. The summed E-state index contributed by atoms with van der Waals surface area (Å²) in [6, 6.07) is 8.48. The predicted molar refractivity (Wildman–Crippen MR) is 71.3 cm³/mol. The Morgan fingerprint density at radius 3 is 2.25 bits per heavy atom. The zero-order valence-electron chi connectivity index (χ0n) is 10.6. The van der Waals surface area contributed by atoms with Gasteiger partial charge in [0.25, 0.3) is 0 Å². The molecule has 0 aliphatic heterocycles. The molecule has 102 valence electrons. The van der Waals surface area contributed by atoms with Crippen LogP contribution in [-0.2, 0) is 0 Å². The van der Waals surface area contributed by atoms with Crippen molar-refractivity contribution in [2.75, 3.05) is 0 Å². The standard InChI is InChI=1S/C15H12O5/c1-8-6-9(7-11(13(8)17)15(19)20)14(18)10-4-2-3-5-12(10)16/h2-7,16-17H,1H3,(H,19,20). The van der Waals surface area contributed by atoms with Crippen molar-refractivity contribution in [3.63, 3.8) is 0 Å². The van der Waals surface area contributed by atoms with E-state index < -0.39 is 11.8 Å². The topological polar surface area (TPSA) is 94.8 Å². The second-order valence-corrected chi connectivity index (χ2v) is 4.34. The van der Waals surface area contributed by atoms with Gasteiger partial charge in [0.05, 0.1) is 5.56 Å². The van der Waals surface area contributed by atoms with Gasteiger partial charge >= 0.3 is 5.97 Å². The third-order valence-corrected chi connectivity index (χ3v) is 2.94. The van der Waals surface area contributed by atoms with E-state index in [2.05, 4.69) is 0 Å². The van der Waals surface area contributed by atoms with E-state index in [0.29, 0.717) is 0 Å². The van der Waals surface area contributed by atoms with Gasteiger partial charge in [0, 0.05) is 5.56 Å². The number of benzene rings is 2. The molecule has 2 aromatic rings. The molecule has 0 saturated heterocycles. The first kappa shape index (κ1) is 13.6. The number of aromatic carboxylic acids is 1. The fraction of sp³-hybridized carbons (Fsp3) is 0.0667. The van der Waals surface area contributed by atoms with E-state index in [4.69, 9.17) is 5.11 Å². The molecular weight excluding hydrogens is 260 g/mol. The SMILES string of the molecule is Cc1cc(C(=O)c2ccccc2O)cc(C(=O)O)c1O. The first-order chi connectivity index (χ1) is 9.41. The summed E-state index contributed by atoms with van der Waals surface area (Å²) in [7, 11) is 0. The van der Waals surface area contributed by atoms with Crippen LogP contribution in [0.5, 0.6) is 11.5 Å². The van der Waals surface area contributed by atoms with Crippen LogP contribution in [0.1, 0.15) is 31.8 Å². The number of rotatable bonds is 3. The highest BCUT2D eigenvalue weighted by atomic mass is 16.4. The van der Waals surface area contributed by atoms with Gasteiger partial charge in [-0.2, -0.15) is 0 Å². The summed E-state index contributed by atoms with van der Waals surface area (Å²) in [4.78, 5) is 23.3. The lowest BCUT2D eigenvalue weighted by atomic mass is 9.97. The maximum atomic E-state index is 12.3. The van der Waals surface area contributed by atoms with Gasteiger partial charge in [-0.05, 0) is 36.8 Å². The van der Waals surface area contributed by atoms with E-state index in [1.54, 1.807) is 12.1 Å². The number of carboxylic acid groups (broad SMARTS) is 1. The summed E-state index contributed by atoms with van der Waals surface area (Å²) in [6.07, 6.45) is 0. The second kappa shape index (κ2) is 5.05. The minimum Gasteiger partial charge on any atom is -0.507 e. The summed E-state index contributed by atoms with van der Waals surface area (Å²) < 4.78 is 0. The maximum Gasteiger partial charge on any atom is 0.339 e. The lowest BCUT2D eigenvalue weighted by Crippen LogP contribution is -2.06. The van der Waals surface area contributed by atoms with Gasteiger partial charge in [0.1, 0.15) is 17.1 Å². The Morgan fingerprint density at radius 1 is 1.00 bits per heavy atom. The molecule has 0 heterocycles. The number of aromatic hydroxyl groups is 2. The van der Waals surface area contributed by atoms with Crippen molar-refractivity contribution in [2.24, 2.45) is 0 Å². The zero-order chi connectivity index (χ0) is 14.9. The first-order valence-corrected chi connectivity index (χ1v) is 5.81. The molecule has 0 bridgehead atoms. The molecule has 20 heavy (non-hydrogen) atoms. The minimum absolute atomic E-state index is 0.0777. The van der Waals surface area contributed by atoms with Crippen LogP contribution < -0.4 is 0 Å². The summed E-state index contributed by atoms with van der Waals surface area (Å²) in [5.74, 6) is -2.38. The summed E-state index contributed by atoms with van der Waals surface area (Å²) >= 11 is 0. The van der Waals surface area contributed by atoms with Gasteiger partial charge in [0.15, 0.2) is 5.78 Å². The number of carbonyl (C=O) groups excluding carboxylic acids is 1. The van der Waals surface area contributed by atoms with Crippen LogP contribution in [0.25, 0.3) is 0 Å². The van der Waals surface area contributed by atoms with Crippen LogP contribution in [0.4, 0.5) is 0 Å². The van der Waals surface area contributed by atoms with E-state index in [9.17, 15) is 19.8 Å². The predicted octanol–water partition coefficient (Wildman–Crippen LogP) is 2.34. The Bertz CT molecular complexity index is 703. The van der Waals surface area contributed by atoms with Crippen LogP contribution in [0.15, 0.2) is 36.4 Å². The average Bonchev–Trinajstić information content (AvgIpc) is 2.41. The Labute approximate surface area is 114 Å². The van der Waals surface area contributed by atoms with Crippen LogP contribution in [0.2, 0.25) is 0 Å².